The molecular weight excluding hydrogens is 623 g/mol. The zero-order valence-electron chi connectivity index (χ0n) is 30.3. The molecule has 0 aliphatic heterocycles. The summed E-state index contributed by atoms with van der Waals surface area (Å²) in [6.07, 6.45) is 10.1. The first kappa shape index (κ1) is 47.7. The van der Waals surface area contributed by atoms with Crippen LogP contribution in [0.15, 0.2) is 53.0 Å². The van der Waals surface area contributed by atoms with E-state index >= 15 is 0 Å². The van der Waals surface area contributed by atoms with Gasteiger partial charge in [-0.2, -0.15) is 0 Å². The van der Waals surface area contributed by atoms with E-state index in [1.54, 1.807) is 6.20 Å². The molecule has 1 aliphatic rings. The van der Waals surface area contributed by atoms with Crippen molar-refractivity contribution >= 4 is 42.4 Å². The number of nitrogens with zero attached hydrogens (tertiary/aromatic N) is 3. The van der Waals surface area contributed by atoms with E-state index in [4.69, 9.17) is 11.6 Å². The van der Waals surface area contributed by atoms with Gasteiger partial charge in [0.15, 0.2) is 0 Å². The van der Waals surface area contributed by atoms with Gasteiger partial charge >= 0.3 is 6.09 Å². The van der Waals surface area contributed by atoms with Crippen LogP contribution in [0, 0.1) is 0 Å². The predicted molar refractivity (Wildman–Crippen MR) is 195 cm³/mol. The van der Waals surface area contributed by atoms with Gasteiger partial charge in [-0.05, 0) is 68.4 Å². The lowest BCUT2D eigenvalue weighted by Gasteiger charge is -2.28. The van der Waals surface area contributed by atoms with Gasteiger partial charge in [-0.3, -0.25) is 18.9 Å². The van der Waals surface area contributed by atoms with Crippen molar-refractivity contribution in [3.63, 3.8) is 0 Å². The normalized spacial score (nSPS) is 12.1. The Balaban J connectivity index is -0.00000224. The van der Waals surface area contributed by atoms with E-state index in [1.807, 2.05) is 89.6 Å². The zero-order chi connectivity index (χ0) is 36.8. The summed E-state index contributed by atoms with van der Waals surface area (Å²) in [7, 11) is 2.43. The third-order valence-corrected chi connectivity index (χ3v) is 7.04. The van der Waals surface area contributed by atoms with Gasteiger partial charge in [0.25, 0.3) is 0 Å². The summed E-state index contributed by atoms with van der Waals surface area (Å²) >= 11 is 6.89. The van der Waals surface area contributed by atoms with Crippen molar-refractivity contribution in [2.75, 3.05) is 38.8 Å². The average molecular weight is 683 g/mol. The fraction of sp³-hybridized carbons (Fsp3) is 0.556. The quantitative estimate of drug-likeness (QED) is 0.0696. The van der Waals surface area contributed by atoms with Crippen LogP contribution in [-0.4, -0.2) is 79.9 Å². The van der Waals surface area contributed by atoms with E-state index in [-0.39, 0.29) is 19.0 Å². The summed E-state index contributed by atoms with van der Waals surface area (Å²) in [5, 5.41) is 12.8. The molecule has 11 heteroatoms. The van der Waals surface area contributed by atoms with Gasteiger partial charge in [0.1, 0.15) is 12.6 Å². The summed E-state index contributed by atoms with van der Waals surface area (Å²) in [6, 6.07) is 5.91. The highest BCUT2D eigenvalue weighted by Crippen LogP contribution is 2.35. The maximum atomic E-state index is 11.9. The number of anilines is 1. The molecule has 1 aliphatic carbocycles. The van der Waals surface area contributed by atoms with E-state index in [0.717, 1.165) is 42.4 Å². The average Bonchev–Trinajstić information content (AvgIpc) is 3.96. The molecule has 0 aromatic heterocycles. The second-order valence-electron chi connectivity index (χ2n) is 9.26. The Kier molecular flexibility index (Phi) is 31.5. The Morgan fingerprint density at radius 3 is 2.13 bits per heavy atom. The third kappa shape index (κ3) is 17.7. The smallest absolute Gasteiger partial charge is 0.411 e. The van der Waals surface area contributed by atoms with Gasteiger partial charge in [0.2, 0.25) is 6.41 Å². The highest BCUT2D eigenvalue weighted by atomic mass is 35.5. The molecule has 9 nitrogen and oxygen atoms in total. The number of hydrogen-bond acceptors (Lipinski definition) is 6. The molecule has 2 rings (SSSR count). The van der Waals surface area contributed by atoms with E-state index in [2.05, 4.69) is 12.2 Å². The summed E-state index contributed by atoms with van der Waals surface area (Å²) in [5.41, 5.74) is 4.18. The minimum Gasteiger partial charge on any atom is -0.465 e. The minimum atomic E-state index is -1.05. The number of benzene rings is 1. The predicted octanol–water partition coefficient (Wildman–Crippen LogP) is 8.13. The topological polar surface area (TPSA) is 110 Å². The number of carbonyl (C=O) groups excluding carboxylic acids is 3. The number of allylic oxidation sites excluding steroid dienone is 4. The van der Waals surface area contributed by atoms with E-state index in [9.17, 15) is 28.7 Å². The number of rotatable bonds is 18. The number of hydrogen-bond donors (Lipinski definition) is 2. The van der Waals surface area contributed by atoms with Crippen LogP contribution in [0.25, 0.3) is 0 Å². The number of halogens is 2. The number of aldehydes is 2. The van der Waals surface area contributed by atoms with Gasteiger partial charge in [0, 0.05) is 56.7 Å². The Labute approximate surface area is 288 Å². The second kappa shape index (κ2) is 31.0. The monoisotopic (exact) mass is 682 g/mol. The van der Waals surface area contributed by atoms with Crippen molar-refractivity contribution in [1.82, 2.24) is 15.1 Å². The largest absolute Gasteiger partial charge is 0.465 e. The number of amides is 2. The van der Waals surface area contributed by atoms with Crippen LogP contribution < -0.4 is 10.2 Å². The van der Waals surface area contributed by atoms with Crippen LogP contribution in [-0.2, 0) is 27.2 Å². The molecule has 1 fully saturated rings. The Hall–Kier alpha value is -3.66. The van der Waals surface area contributed by atoms with Crippen LogP contribution in [0.1, 0.15) is 92.2 Å². The number of carbonyl (C=O) groups is 4. The van der Waals surface area contributed by atoms with Crippen LogP contribution >= 0.6 is 11.6 Å². The second-order valence-corrected chi connectivity index (χ2v) is 9.64. The summed E-state index contributed by atoms with van der Waals surface area (Å²) in [6.45, 7) is 17.2. The van der Waals surface area contributed by atoms with Gasteiger partial charge in [-0.15, -0.1) is 0 Å². The maximum absolute atomic E-state index is 11.9. The van der Waals surface area contributed by atoms with Crippen molar-refractivity contribution in [2.45, 2.75) is 100.0 Å². The van der Waals surface area contributed by atoms with Crippen LogP contribution in [0.4, 0.5) is 14.9 Å². The highest BCUT2D eigenvalue weighted by Gasteiger charge is 2.31. The Morgan fingerprint density at radius 2 is 1.66 bits per heavy atom. The molecule has 268 valence electrons. The molecule has 0 heterocycles. The number of nitrogens with one attached hydrogen (secondary N) is 1. The molecule has 1 saturated carbocycles. The molecule has 0 unspecified atom stereocenters. The molecule has 2 N–H and O–H groups in total. The molecule has 0 radical (unpaired) electrons. The fourth-order valence-corrected chi connectivity index (χ4v) is 4.89. The first-order valence-corrected chi connectivity index (χ1v) is 17.0. The summed E-state index contributed by atoms with van der Waals surface area (Å²) < 4.78 is 9.50. The molecule has 0 saturated heterocycles. The molecule has 0 bridgehead atoms. The number of alkyl halides is 1. The van der Waals surface area contributed by atoms with Crippen molar-refractivity contribution in [3.8, 4) is 0 Å². The van der Waals surface area contributed by atoms with Gasteiger partial charge in [-0.1, -0.05) is 72.2 Å². The molecule has 0 atom stereocenters. The first-order valence-electron chi connectivity index (χ1n) is 16.6. The molecule has 0 spiro atoms. The van der Waals surface area contributed by atoms with Crippen molar-refractivity contribution in [1.29, 1.82) is 0 Å². The maximum Gasteiger partial charge on any atom is 0.411 e. The van der Waals surface area contributed by atoms with Crippen LogP contribution in [0.5, 0.6) is 0 Å². The van der Waals surface area contributed by atoms with Crippen LogP contribution in [0.3, 0.4) is 0 Å². The van der Waals surface area contributed by atoms with Gasteiger partial charge < -0.3 is 25.0 Å². The molecule has 1 aromatic carbocycles. The Bertz CT molecular complexity index is 1110. The van der Waals surface area contributed by atoms with E-state index in [1.165, 1.54) is 11.0 Å². The van der Waals surface area contributed by atoms with Gasteiger partial charge in [-0.25, -0.2) is 4.79 Å². The first-order chi connectivity index (χ1) is 22.8. The van der Waals surface area contributed by atoms with Gasteiger partial charge in [0.05, 0.1) is 17.9 Å². The van der Waals surface area contributed by atoms with E-state index < -0.39 is 6.09 Å². The lowest BCUT2D eigenvalue weighted by atomic mass is 10.0. The van der Waals surface area contributed by atoms with Crippen molar-refractivity contribution in [2.24, 2.45) is 0 Å². The van der Waals surface area contributed by atoms with Crippen molar-refractivity contribution in [3.05, 3.63) is 64.1 Å². The lowest BCUT2D eigenvalue weighted by molar-refractivity contribution is -0.109. The number of likely N-dealkylation sites (N-methyl/N-ethyl adjacent to an activating group) is 1. The standard InChI is InChI=1S/C29H39ClN4O5.3C2H6.CH3F/c1-4-22-8-9-25(34(29(38)39)15-6-14-31-21-37)20-23(22)12-17-32(3)26(5-2)28(30)27(13-19-36)33(16-7-18-35)24-10-11-24;4*1-2/h5,7-9,16,18-21,24H,4,6,10-15,17H2,1-3H3,(H,31,37)(H,38,39);3*1-2H3;1H3/b16-7+,26-5+,28-27-;;;;. The summed E-state index contributed by atoms with van der Waals surface area (Å²) in [5.74, 6) is 0. The third-order valence-electron chi connectivity index (χ3n) is 6.63. The molecule has 2 amide bonds. The lowest BCUT2D eigenvalue weighted by Crippen LogP contribution is -2.32. The SMILES string of the molecule is C/C=C(\C(Cl)=C(/CC=O)N(/C=C/C=O)C1CC1)N(C)CCc1cc(N(CCCNC=O)C(=O)O)ccc1CC.CC.CC.CC.CF. The van der Waals surface area contributed by atoms with Crippen LogP contribution in [0.2, 0.25) is 0 Å². The number of carboxylic acid groups (broad SMARTS) is 1. The molecule has 1 aromatic rings. The summed E-state index contributed by atoms with van der Waals surface area (Å²) in [4.78, 5) is 50.1. The molecule has 47 heavy (non-hydrogen) atoms. The van der Waals surface area contributed by atoms with E-state index in [0.29, 0.717) is 62.2 Å². The Morgan fingerprint density at radius 1 is 1.04 bits per heavy atom. The highest BCUT2D eigenvalue weighted by molar-refractivity contribution is 6.32. The fourth-order valence-electron chi connectivity index (χ4n) is 4.46. The molecular formula is C36H60ClFN4O5. The van der Waals surface area contributed by atoms with Crippen molar-refractivity contribution < 1.29 is 28.7 Å². The zero-order valence-corrected chi connectivity index (χ0v) is 31.1. The number of aryl methyl sites for hydroxylation is 1. The minimum absolute atomic E-state index is 0.124.